The number of carbonyl (C=O) groups excluding carboxylic acids is 2. The molecule has 3 N–H and O–H groups in total. The third kappa shape index (κ3) is 27.8. The summed E-state index contributed by atoms with van der Waals surface area (Å²) in [5.41, 5.74) is 0. The van der Waals surface area contributed by atoms with E-state index in [-0.39, 0.29) is 31.7 Å². The molecular formula is C38H67O11P. The van der Waals surface area contributed by atoms with Crippen molar-refractivity contribution in [2.24, 2.45) is 5.92 Å². The SMILES string of the molecule is CCCCC/C=C\C/C=C\CC1OC1C/C=C\CCCC(=O)O[C@H](COC(=O)CCCCCCCCC(C)C)COP(=O)(O)OC[C@@H](O)CO. The molecule has 0 aliphatic carbocycles. The van der Waals surface area contributed by atoms with Gasteiger partial charge in [0, 0.05) is 12.8 Å². The van der Waals surface area contributed by atoms with E-state index in [1.54, 1.807) is 0 Å². The van der Waals surface area contributed by atoms with Gasteiger partial charge in [0.1, 0.15) is 12.7 Å². The van der Waals surface area contributed by atoms with E-state index in [9.17, 15) is 24.2 Å². The van der Waals surface area contributed by atoms with Crippen LogP contribution < -0.4 is 0 Å². The monoisotopic (exact) mass is 730 g/mol. The number of hydrogen-bond acceptors (Lipinski definition) is 10. The molecule has 290 valence electrons. The van der Waals surface area contributed by atoms with Gasteiger partial charge in [0.25, 0.3) is 0 Å². The standard InChI is InChI=1S/C38H67O11P/c1-4-5-6-7-8-9-10-14-19-24-35-36(49-35)25-20-16-17-22-27-38(42)48-34(31-47-50(43,44)46-29-33(40)28-39)30-45-37(41)26-21-15-12-11-13-18-23-32(2)3/h8-9,14,16,19-20,32-36,39-40H,4-7,10-13,15,17-18,21-31H2,1-3H3,(H,43,44)/b9-8-,19-14-,20-16-/t33-,34+,35?,36?/m0/s1. The molecule has 1 aliphatic rings. The lowest BCUT2D eigenvalue weighted by molar-refractivity contribution is -0.161. The van der Waals surface area contributed by atoms with E-state index in [4.69, 9.17) is 23.8 Å². The summed E-state index contributed by atoms with van der Waals surface area (Å²) in [6.07, 6.45) is 27.5. The van der Waals surface area contributed by atoms with Crippen LogP contribution in [0.4, 0.5) is 0 Å². The first-order valence-electron chi connectivity index (χ1n) is 18.9. The van der Waals surface area contributed by atoms with E-state index < -0.39 is 51.8 Å². The third-order valence-electron chi connectivity index (χ3n) is 8.13. The summed E-state index contributed by atoms with van der Waals surface area (Å²) in [7, 11) is -4.63. The second-order valence-corrected chi connectivity index (χ2v) is 14.9. The fourth-order valence-electron chi connectivity index (χ4n) is 5.03. The summed E-state index contributed by atoms with van der Waals surface area (Å²) in [5, 5.41) is 18.3. The Labute approximate surface area is 301 Å². The number of epoxide rings is 1. The molecule has 0 aromatic rings. The van der Waals surface area contributed by atoms with Crippen LogP contribution in [-0.4, -0.2) is 77.9 Å². The second-order valence-electron chi connectivity index (χ2n) is 13.5. The second kappa shape index (κ2) is 29.7. The van der Waals surface area contributed by atoms with Crippen LogP contribution in [0.2, 0.25) is 0 Å². The minimum Gasteiger partial charge on any atom is -0.462 e. The van der Waals surface area contributed by atoms with Crippen molar-refractivity contribution in [3.8, 4) is 0 Å². The first-order chi connectivity index (χ1) is 24.1. The number of unbranched alkanes of at least 4 members (excludes halogenated alkanes) is 9. The molecule has 0 bridgehead atoms. The number of allylic oxidation sites excluding steroid dienone is 4. The fourth-order valence-corrected chi connectivity index (χ4v) is 5.82. The number of phosphoric acid groups is 1. The molecule has 0 aromatic heterocycles. The summed E-state index contributed by atoms with van der Waals surface area (Å²) >= 11 is 0. The van der Waals surface area contributed by atoms with Gasteiger partial charge in [-0.25, -0.2) is 4.57 Å². The number of phosphoric ester groups is 1. The van der Waals surface area contributed by atoms with Gasteiger partial charge in [-0.05, 0) is 57.3 Å². The van der Waals surface area contributed by atoms with Crippen molar-refractivity contribution in [2.75, 3.05) is 26.4 Å². The van der Waals surface area contributed by atoms with Crippen LogP contribution in [0.25, 0.3) is 0 Å². The van der Waals surface area contributed by atoms with Gasteiger partial charge < -0.3 is 29.3 Å². The summed E-state index contributed by atoms with van der Waals surface area (Å²) in [4.78, 5) is 34.8. The maximum atomic E-state index is 12.6. The summed E-state index contributed by atoms with van der Waals surface area (Å²) < 4.78 is 38.2. The highest BCUT2D eigenvalue weighted by Gasteiger charge is 2.36. The molecule has 5 atom stereocenters. The zero-order valence-corrected chi connectivity index (χ0v) is 31.9. The molecule has 12 heteroatoms. The zero-order valence-electron chi connectivity index (χ0n) is 31.0. The predicted octanol–water partition coefficient (Wildman–Crippen LogP) is 8.06. The highest BCUT2D eigenvalue weighted by atomic mass is 31.2. The summed E-state index contributed by atoms with van der Waals surface area (Å²) in [6.45, 7) is 4.46. The summed E-state index contributed by atoms with van der Waals surface area (Å²) in [6, 6.07) is 0. The van der Waals surface area contributed by atoms with Crippen LogP contribution in [0.1, 0.15) is 136 Å². The summed E-state index contributed by atoms with van der Waals surface area (Å²) in [5.74, 6) is -0.291. The van der Waals surface area contributed by atoms with Crippen LogP contribution in [0, 0.1) is 5.92 Å². The molecule has 0 radical (unpaired) electrons. The van der Waals surface area contributed by atoms with Gasteiger partial charge >= 0.3 is 19.8 Å². The molecule has 1 rings (SSSR count). The molecule has 1 aliphatic heterocycles. The fraction of sp³-hybridized carbons (Fsp3) is 0.789. The number of carbonyl (C=O) groups is 2. The average Bonchev–Trinajstić information content (AvgIpc) is 3.84. The van der Waals surface area contributed by atoms with Gasteiger partial charge in [0.2, 0.25) is 0 Å². The first-order valence-corrected chi connectivity index (χ1v) is 20.4. The Hall–Kier alpha value is -1.85. The Morgan fingerprint density at radius 2 is 1.36 bits per heavy atom. The number of aliphatic hydroxyl groups is 2. The Bertz CT molecular complexity index is 1010. The lowest BCUT2D eigenvalue weighted by atomic mass is 10.0. The van der Waals surface area contributed by atoms with Crippen LogP contribution in [-0.2, 0) is 37.4 Å². The van der Waals surface area contributed by atoms with Crippen molar-refractivity contribution in [1.29, 1.82) is 0 Å². The molecule has 50 heavy (non-hydrogen) atoms. The van der Waals surface area contributed by atoms with E-state index in [2.05, 4.69) is 55.7 Å². The zero-order chi connectivity index (χ0) is 36.9. The van der Waals surface area contributed by atoms with Crippen LogP contribution >= 0.6 is 7.82 Å². The molecular weight excluding hydrogens is 663 g/mol. The quantitative estimate of drug-likeness (QED) is 0.0197. The smallest absolute Gasteiger partial charge is 0.462 e. The van der Waals surface area contributed by atoms with E-state index in [0.717, 1.165) is 44.9 Å². The van der Waals surface area contributed by atoms with E-state index >= 15 is 0 Å². The molecule has 1 fully saturated rings. The number of ether oxygens (including phenoxy) is 3. The predicted molar refractivity (Wildman–Crippen MR) is 195 cm³/mol. The topological polar surface area (TPSA) is 161 Å². The first kappa shape index (κ1) is 46.2. The van der Waals surface area contributed by atoms with Crippen molar-refractivity contribution >= 4 is 19.8 Å². The Balaban J connectivity index is 2.36. The molecule has 1 saturated heterocycles. The number of hydrogen-bond donors (Lipinski definition) is 3. The Morgan fingerprint density at radius 1 is 0.760 bits per heavy atom. The minimum absolute atomic E-state index is 0.0995. The van der Waals surface area contributed by atoms with E-state index in [1.807, 2.05) is 6.08 Å². The van der Waals surface area contributed by atoms with Gasteiger partial charge in [-0.1, -0.05) is 109 Å². The van der Waals surface area contributed by atoms with Gasteiger partial charge in [-0.2, -0.15) is 0 Å². The Morgan fingerprint density at radius 3 is 2.06 bits per heavy atom. The van der Waals surface area contributed by atoms with Gasteiger partial charge in [-0.15, -0.1) is 0 Å². The van der Waals surface area contributed by atoms with Crippen LogP contribution in [0.15, 0.2) is 36.5 Å². The molecule has 0 spiro atoms. The minimum atomic E-state index is -4.63. The van der Waals surface area contributed by atoms with Crippen LogP contribution in [0.5, 0.6) is 0 Å². The lowest BCUT2D eigenvalue weighted by Crippen LogP contribution is -2.29. The number of esters is 2. The maximum absolute atomic E-state index is 12.6. The lowest BCUT2D eigenvalue weighted by Gasteiger charge is -2.20. The van der Waals surface area contributed by atoms with Crippen LogP contribution in [0.3, 0.4) is 0 Å². The van der Waals surface area contributed by atoms with Crippen molar-refractivity contribution in [2.45, 2.75) is 161 Å². The molecule has 11 nitrogen and oxygen atoms in total. The average molecular weight is 731 g/mol. The maximum Gasteiger partial charge on any atom is 0.472 e. The van der Waals surface area contributed by atoms with Gasteiger partial charge in [0.15, 0.2) is 6.10 Å². The van der Waals surface area contributed by atoms with Crippen molar-refractivity contribution in [1.82, 2.24) is 0 Å². The largest absolute Gasteiger partial charge is 0.472 e. The molecule has 0 aromatic carbocycles. The molecule has 0 amide bonds. The van der Waals surface area contributed by atoms with Gasteiger partial charge in [-0.3, -0.25) is 18.6 Å². The van der Waals surface area contributed by atoms with Crippen molar-refractivity contribution < 1.29 is 52.5 Å². The van der Waals surface area contributed by atoms with Crippen molar-refractivity contribution in [3.63, 3.8) is 0 Å². The normalized spacial score (nSPS) is 18.6. The van der Waals surface area contributed by atoms with Gasteiger partial charge in [0.05, 0.1) is 32.0 Å². The third-order valence-corrected chi connectivity index (χ3v) is 9.08. The number of rotatable bonds is 33. The van der Waals surface area contributed by atoms with Crippen molar-refractivity contribution in [3.05, 3.63) is 36.5 Å². The highest BCUT2D eigenvalue weighted by molar-refractivity contribution is 7.47. The van der Waals surface area contributed by atoms with E-state index in [1.165, 1.54) is 38.5 Å². The molecule has 0 saturated carbocycles. The Kier molecular flexibility index (Phi) is 27.4. The molecule has 1 heterocycles. The number of aliphatic hydroxyl groups excluding tert-OH is 2. The molecule has 3 unspecified atom stereocenters. The highest BCUT2D eigenvalue weighted by Crippen LogP contribution is 2.43. The van der Waals surface area contributed by atoms with E-state index in [0.29, 0.717) is 25.2 Å².